The lowest BCUT2D eigenvalue weighted by Gasteiger charge is -2.19. The number of hydrogen-bond acceptors (Lipinski definition) is 3. The normalized spacial score (nSPS) is 24.7. The maximum atomic E-state index is 12.1. The number of carboxylic acids is 1. The Morgan fingerprint density at radius 2 is 2.17 bits per heavy atom. The summed E-state index contributed by atoms with van der Waals surface area (Å²) >= 11 is 1.59. The second kappa shape index (κ2) is 5.52. The van der Waals surface area contributed by atoms with E-state index in [4.69, 9.17) is 5.11 Å². The first-order chi connectivity index (χ1) is 8.59. The molecule has 5 heteroatoms. The molecule has 0 radical (unpaired) electrons. The van der Waals surface area contributed by atoms with Gasteiger partial charge < -0.3 is 10.4 Å². The van der Waals surface area contributed by atoms with Crippen molar-refractivity contribution in [2.24, 2.45) is 11.8 Å². The summed E-state index contributed by atoms with van der Waals surface area (Å²) in [6.45, 7) is 1.93. The average Bonchev–Trinajstić information content (AvgIpc) is 3.00. The van der Waals surface area contributed by atoms with Gasteiger partial charge in [-0.25, -0.2) is 0 Å². The van der Waals surface area contributed by atoms with Crippen LogP contribution in [0.1, 0.15) is 37.1 Å². The van der Waals surface area contributed by atoms with E-state index in [9.17, 15) is 9.59 Å². The SMILES string of the molecule is CC(NC(=O)C1CCCC1C(=O)O)c1cccs1. The van der Waals surface area contributed by atoms with Gasteiger partial charge in [-0.15, -0.1) is 11.3 Å². The topological polar surface area (TPSA) is 66.4 Å². The second-order valence-corrected chi connectivity index (χ2v) is 5.71. The van der Waals surface area contributed by atoms with Gasteiger partial charge in [-0.2, -0.15) is 0 Å². The Kier molecular flexibility index (Phi) is 4.01. The zero-order chi connectivity index (χ0) is 13.1. The van der Waals surface area contributed by atoms with Crippen LogP contribution in [0.4, 0.5) is 0 Å². The van der Waals surface area contributed by atoms with Crippen LogP contribution in [0.25, 0.3) is 0 Å². The van der Waals surface area contributed by atoms with Gasteiger partial charge in [0.15, 0.2) is 0 Å². The van der Waals surface area contributed by atoms with E-state index in [1.807, 2.05) is 24.4 Å². The molecule has 0 aliphatic heterocycles. The molecule has 0 bridgehead atoms. The first kappa shape index (κ1) is 13.1. The number of thiophene rings is 1. The number of aliphatic carboxylic acids is 1. The van der Waals surface area contributed by atoms with Crippen LogP contribution in [0.2, 0.25) is 0 Å². The summed E-state index contributed by atoms with van der Waals surface area (Å²) in [6.07, 6.45) is 2.11. The first-order valence-corrected chi connectivity index (χ1v) is 7.04. The molecule has 1 amide bonds. The summed E-state index contributed by atoms with van der Waals surface area (Å²) in [7, 11) is 0. The van der Waals surface area contributed by atoms with E-state index in [2.05, 4.69) is 5.32 Å². The Morgan fingerprint density at radius 3 is 2.78 bits per heavy atom. The van der Waals surface area contributed by atoms with E-state index in [0.717, 1.165) is 11.3 Å². The highest BCUT2D eigenvalue weighted by Gasteiger charge is 2.38. The first-order valence-electron chi connectivity index (χ1n) is 6.16. The van der Waals surface area contributed by atoms with Crippen LogP contribution in [0.15, 0.2) is 17.5 Å². The van der Waals surface area contributed by atoms with Crippen LogP contribution < -0.4 is 5.32 Å². The van der Waals surface area contributed by atoms with Crippen molar-refractivity contribution in [2.45, 2.75) is 32.2 Å². The van der Waals surface area contributed by atoms with Gasteiger partial charge in [0.1, 0.15) is 0 Å². The molecule has 3 atom stereocenters. The quantitative estimate of drug-likeness (QED) is 0.880. The molecule has 1 aromatic rings. The molecule has 1 aliphatic carbocycles. The summed E-state index contributed by atoms with van der Waals surface area (Å²) in [6, 6.07) is 3.87. The summed E-state index contributed by atoms with van der Waals surface area (Å²) in [5.41, 5.74) is 0. The van der Waals surface area contributed by atoms with Gasteiger partial charge in [0.25, 0.3) is 0 Å². The Balaban J connectivity index is 1.97. The molecular formula is C13H17NO3S. The Morgan fingerprint density at radius 1 is 1.44 bits per heavy atom. The summed E-state index contributed by atoms with van der Waals surface area (Å²) in [5, 5.41) is 14.0. The standard InChI is InChI=1S/C13H17NO3S/c1-8(11-6-3-7-18-11)14-12(15)9-4-2-5-10(9)13(16)17/h3,6-10H,2,4-5H2,1H3,(H,14,15)(H,16,17). The van der Waals surface area contributed by atoms with Crippen LogP contribution >= 0.6 is 11.3 Å². The fourth-order valence-corrected chi connectivity index (χ4v) is 3.23. The number of carbonyl (C=O) groups is 2. The maximum Gasteiger partial charge on any atom is 0.307 e. The van der Waals surface area contributed by atoms with Gasteiger partial charge in [-0.1, -0.05) is 12.5 Å². The molecule has 3 unspecified atom stereocenters. The molecule has 18 heavy (non-hydrogen) atoms. The fourth-order valence-electron chi connectivity index (χ4n) is 2.50. The third kappa shape index (κ3) is 2.72. The molecule has 0 saturated heterocycles. The van der Waals surface area contributed by atoms with E-state index < -0.39 is 11.9 Å². The number of rotatable bonds is 4. The molecule has 1 heterocycles. The van der Waals surface area contributed by atoms with Crippen molar-refractivity contribution in [3.05, 3.63) is 22.4 Å². The maximum absolute atomic E-state index is 12.1. The van der Waals surface area contributed by atoms with E-state index in [0.29, 0.717) is 12.8 Å². The van der Waals surface area contributed by atoms with Crippen molar-refractivity contribution in [1.29, 1.82) is 0 Å². The Labute approximate surface area is 110 Å². The van der Waals surface area contributed by atoms with Crippen LogP contribution in [-0.2, 0) is 9.59 Å². The predicted molar refractivity (Wildman–Crippen MR) is 69.3 cm³/mol. The van der Waals surface area contributed by atoms with Crippen molar-refractivity contribution in [2.75, 3.05) is 0 Å². The van der Waals surface area contributed by atoms with Crippen molar-refractivity contribution in [3.8, 4) is 0 Å². The highest BCUT2D eigenvalue weighted by molar-refractivity contribution is 7.10. The van der Waals surface area contributed by atoms with Crippen molar-refractivity contribution < 1.29 is 14.7 Å². The van der Waals surface area contributed by atoms with Crippen molar-refractivity contribution in [1.82, 2.24) is 5.32 Å². The molecule has 4 nitrogen and oxygen atoms in total. The van der Waals surface area contributed by atoms with Crippen LogP contribution in [0, 0.1) is 11.8 Å². The van der Waals surface area contributed by atoms with E-state index >= 15 is 0 Å². The zero-order valence-electron chi connectivity index (χ0n) is 10.3. The summed E-state index contributed by atoms with van der Waals surface area (Å²) in [4.78, 5) is 24.2. The predicted octanol–water partition coefficient (Wildman–Crippen LogP) is 2.43. The number of hydrogen-bond donors (Lipinski definition) is 2. The van der Waals surface area contributed by atoms with E-state index in [-0.39, 0.29) is 17.9 Å². The molecule has 1 aliphatic rings. The number of carboxylic acid groups (broad SMARTS) is 1. The minimum Gasteiger partial charge on any atom is -0.481 e. The minimum atomic E-state index is -0.851. The van der Waals surface area contributed by atoms with Gasteiger partial charge in [0.2, 0.25) is 5.91 Å². The second-order valence-electron chi connectivity index (χ2n) is 4.73. The van der Waals surface area contributed by atoms with Crippen LogP contribution in [0.3, 0.4) is 0 Å². The molecule has 2 rings (SSSR count). The molecule has 2 N–H and O–H groups in total. The summed E-state index contributed by atoms with van der Waals surface area (Å²) < 4.78 is 0. The van der Waals surface area contributed by atoms with E-state index in [1.54, 1.807) is 11.3 Å². The highest BCUT2D eigenvalue weighted by atomic mass is 32.1. The smallest absolute Gasteiger partial charge is 0.307 e. The third-order valence-corrected chi connectivity index (χ3v) is 4.55. The average molecular weight is 267 g/mol. The summed E-state index contributed by atoms with van der Waals surface area (Å²) in [5.74, 6) is -1.86. The molecule has 1 saturated carbocycles. The number of carbonyl (C=O) groups excluding carboxylic acids is 1. The lowest BCUT2D eigenvalue weighted by Crippen LogP contribution is -2.36. The molecule has 1 aromatic heterocycles. The van der Waals surface area contributed by atoms with Gasteiger partial charge in [0.05, 0.1) is 17.9 Å². The Hall–Kier alpha value is -1.36. The number of nitrogens with one attached hydrogen (secondary N) is 1. The number of amides is 1. The third-order valence-electron chi connectivity index (χ3n) is 3.50. The lowest BCUT2D eigenvalue weighted by atomic mass is 9.95. The molecule has 0 spiro atoms. The molecular weight excluding hydrogens is 250 g/mol. The van der Waals surface area contributed by atoms with Crippen molar-refractivity contribution in [3.63, 3.8) is 0 Å². The van der Waals surface area contributed by atoms with E-state index in [1.165, 1.54) is 0 Å². The van der Waals surface area contributed by atoms with Gasteiger partial charge in [0, 0.05) is 4.88 Å². The molecule has 1 fully saturated rings. The minimum absolute atomic E-state index is 0.0486. The molecule has 0 aromatic carbocycles. The highest BCUT2D eigenvalue weighted by Crippen LogP contribution is 2.32. The Bertz CT molecular complexity index is 429. The van der Waals surface area contributed by atoms with Gasteiger partial charge in [-0.3, -0.25) is 9.59 Å². The largest absolute Gasteiger partial charge is 0.481 e. The zero-order valence-corrected chi connectivity index (χ0v) is 11.1. The van der Waals surface area contributed by atoms with Crippen molar-refractivity contribution >= 4 is 23.2 Å². The van der Waals surface area contributed by atoms with Gasteiger partial charge in [-0.05, 0) is 31.2 Å². The van der Waals surface area contributed by atoms with Crippen LogP contribution in [-0.4, -0.2) is 17.0 Å². The van der Waals surface area contributed by atoms with Gasteiger partial charge >= 0.3 is 5.97 Å². The monoisotopic (exact) mass is 267 g/mol. The lowest BCUT2D eigenvalue weighted by molar-refractivity contribution is -0.146. The molecule has 98 valence electrons. The fraction of sp³-hybridized carbons (Fsp3) is 0.538. The van der Waals surface area contributed by atoms with Crippen LogP contribution in [0.5, 0.6) is 0 Å².